The molecule has 0 spiro atoms. The summed E-state index contributed by atoms with van der Waals surface area (Å²) in [5, 5.41) is 30.9. The highest BCUT2D eigenvalue weighted by Gasteiger charge is 2.26. The van der Waals surface area contributed by atoms with Crippen LogP contribution in [0.25, 0.3) is 21.5 Å². The minimum atomic E-state index is -1.32. The Bertz CT molecular complexity index is 981. The number of aromatic nitrogens is 1. The zero-order valence-corrected chi connectivity index (χ0v) is 11.9. The number of nitriles is 1. The van der Waals surface area contributed by atoms with Gasteiger partial charge >= 0.3 is 11.9 Å². The van der Waals surface area contributed by atoms with Crippen molar-refractivity contribution in [2.75, 3.05) is 0 Å². The van der Waals surface area contributed by atoms with E-state index in [4.69, 9.17) is 5.11 Å². The number of fused-ring (bicyclic) bond motifs is 2. The summed E-state index contributed by atoms with van der Waals surface area (Å²) >= 11 is 0. The van der Waals surface area contributed by atoms with Crippen molar-refractivity contribution in [3.05, 3.63) is 48.3 Å². The highest BCUT2D eigenvalue weighted by atomic mass is 16.4. The highest BCUT2D eigenvalue weighted by molar-refractivity contribution is 6.00. The Morgan fingerprint density at radius 2 is 1.78 bits per heavy atom. The fraction of sp³-hybridized carbons (Fsp3) is 0.118. The molecule has 0 aliphatic rings. The van der Waals surface area contributed by atoms with Crippen LogP contribution in [-0.4, -0.2) is 26.7 Å². The minimum absolute atomic E-state index is 0.152. The first-order chi connectivity index (χ1) is 11.0. The number of rotatable bonds is 4. The molecule has 23 heavy (non-hydrogen) atoms. The van der Waals surface area contributed by atoms with E-state index in [0.717, 1.165) is 10.8 Å². The Balaban J connectivity index is 2.28. The van der Waals surface area contributed by atoms with E-state index in [0.29, 0.717) is 10.8 Å². The molecule has 0 saturated carbocycles. The molecule has 1 aromatic heterocycles. The zero-order valence-electron chi connectivity index (χ0n) is 11.9. The van der Waals surface area contributed by atoms with Gasteiger partial charge in [0.1, 0.15) is 17.8 Å². The number of carboxylic acids is 2. The molecule has 0 unspecified atom stereocenters. The maximum Gasteiger partial charge on any atom is 0.327 e. The lowest BCUT2D eigenvalue weighted by Gasteiger charge is -2.13. The molecule has 0 radical (unpaired) electrons. The van der Waals surface area contributed by atoms with E-state index in [9.17, 15) is 20.0 Å². The topological polar surface area (TPSA) is 103 Å². The number of carbonyl (C=O) groups is 2. The number of hydrogen-bond acceptors (Lipinski definition) is 3. The Morgan fingerprint density at radius 1 is 1.13 bits per heavy atom. The smallest absolute Gasteiger partial charge is 0.327 e. The van der Waals surface area contributed by atoms with Crippen LogP contribution in [0.4, 0.5) is 0 Å². The molecule has 2 N–H and O–H groups in total. The van der Waals surface area contributed by atoms with E-state index in [-0.39, 0.29) is 5.69 Å². The predicted molar refractivity (Wildman–Crippen MR) is 83.1 cm³/mol. The van der Waals surface area contributed by atoms with Gasteiger partial charge in [0.15, 0.2) is 0 Å². The number of nitrogens with zero attached hydrogens (tertiary/aromatic N) is 2. The van der Waals surface area contributed by atoms with Crippen LogP contribution in [0.3, 0.4) is 0 Å². The van der Waals surface area contributed by atoms with Crippen molar-refractivity contribution in [3.8, 4) is 6.07 Å². The molecule has 3 rings (SSSR count). The Kier molecular flexibility index (Phi) is 3.47. The van der Waals surface area contributed by atoms with Crippen molar-refractivity contribution in [1.29, 1.82) is 5.26 Å². The van der Waals surface area contributed by atoms with E-state index in [1.54, 1.807) is 0 Å². The van der Waals surface area contributed by atoms with Gasteiger partial charge in [0, 0.05) is 17.0 Å². The lowest BCUT2D eigenvalue weighted by atomic mass is 10.1. The van der Waals surface area contributed by atoms with Gasteiger partial charge in [-0.05, 0) is 22.9 Å². The molecule has 0 amide bonds. The van der Waals surface area contributed by atoms with Crippen LogP contribution in [0.2, 0.25) is 0 Å². The molecule has 114 valence electrons. The largest absolute Gasteiger partial charge is 0.481 e. The third-order valence-corrected chi connectivity index (χ3v) is 3.80. The molecular weight excluding hydrogens is 296 g/mol. The summed E-state index contributed by atoms with van der Waals surface area (Å²) in [5.74, 6) is -2.52. The molecule has 0 fully saturated rings. The second kappa shape index (κ2) is 5.46. The van der Waals surface area contributed by atoms with Crippen molar-refractivity contribution >= 4 is 33.5 Å². The molecule has 6 nitrogen and oxygen atoms in total. The van der Waals surface area contributed by atoms with Crippen LogP contribution in [0.1, 0.15) is 18.2 Å². The zero-order chi connectivity index (χ0) is 16.6. The third kappa shape index (κ3) is 2.49. The average Bonchev–Trinajstić information content (AvgIpc) is 2.86. The average molecular weight is 308 g/mol. The molecule has 0 bridgehead atoms. The van der Waals surface area contributed by atoms with Gasteiger partial charge < -0.3 is 14.8 Å². The molecule has 1 heterocycles. The molecule has 0 aliphatic heterocycles. The van der Waals surface area contributed by atoms with Crippen LogP contribution in [0.15, 0.2) is 42.6 Å². The van der Waals surface area contributed by atoms with Crippen molar-refractivity contribution in [2.24, 2.45) is 0 Å². The van der Waals surface area contributed by atoms with E-state index in [1.165, 1.54) is 10.8 Å². The monoisotopic (exact) mass is 308 g/mol. The summed E-state index contributed by atoms with van der Waals surface area (Å²) in [6.45, 7) is 0. The molecule has 2 aromatic carbocycles. The Labute approximate surface area is 130 Å². The summed E-state index contributed by atoms with van der Waals surface area (Å²) in [5.41, 5.74) is 0.152. The maximum absolute atomic E-state index is 11.4. The maximum atomic E-state index is 11.4. The molecular formula is C17H12N2O4. The van der Waals surface area contributed by atoms with Gasteiger partial charge in [0.05, 0.1) is 6.42 Å². The van der Waals surface area contributed by atoms with Gasteiger partial charge in [-0.3, -0.25) is 4.79 Å². The van der Waals surface area contributed by atoms with Crippen molar-refractivity contribution < 1.29 is 19.8 Å². The normalized spacial score (nSPS) is 12.1. The van der Waals surface area contributed by atoms with Gasteiger partial charge in [0.25, 0.3) is 0 Å². The quantitative estimate of drug-likeness (QED) is 0.771. The number of benzene rings is 2. The first-order valence-corrected chi connectivity index (χ1v) is 6.89. The molecule has 0 saturated heterocycles. The van der Waals surface area contributed by atoms with Gasteiger partial charge in [-0.25, -0.2) is 4.79 Å². The summed E-state index contributed by atoms with van der Waals surface area (Å²) in [6, 6.07) is 11.9. The first kappa shape index (κ1) is 14.6. The van der Waals surface area contributed by atoms with Crippen LogP contribution in [0, 0.1) is 11.3 Å². The molecule has 0 aliphatic carbocycles. The summed E-state index contributed by atoms with van der Waals surface area (Å²) in [7, 11) is 0. The fourth-order valence-electron chi connectivity index (χ4n) is 2.76. The van der Waals surface area contributed by atoms with Crippen LogP contribution in [-0.2, 0) is 9.59 Å². The molecule has 1 atom stereocenters. The third-order valence-electron chi connectivity index (χ3n) is 3.80. The molecule has 6 heteroatoms. The number of carboxylic acid groups (broad SMARTS) is 2. The van der Waals surface area contributed by atoms with Crippen LogP contribution >= 0.6 is 0 Å². The van der Waals surface area contributed by atoms with Gasteiger partial charge in [-0.1, -0.05) is 24.3 Å². The van der Waals surface area contributed by atoms with Gasteiger partial charge in [-0.15, -0.1) is 0 Å². The van der Waals surface area contributed by atoms with Crippen molar-refractivity contribution in [2.45, 2.75) is 12.5 Å². The lowest BCUT2D eigenvalue weighted by molar-refractivity contribution is -0.147. The number of aliphatic carboxylic acids is 2. The lowest BCUT2D eigenvalue weighted by Crippen LogP contribution is -2.22. The van der Waals surface area contributed by atoms with Crippen molar-refractivity contribution in [1.82, 2.24) is 4.57 Å². The Hall–Kier alpha value is -3.33. The van der Waals surface area contributed by atoms with Crippen molar-refractivity contribution in [3.63, 3.8) is 0 Å². The predicted octanol–water partition coefficient (Wildman–Crippen LogP) is 2.77. The summed E-state index contributed by atoms with van der Waals surface area (Å²) in [4.78, 5) is 22.4. The van der Waals surface area contributed by atoms with Gasteiger partial charge in [-0.2, -0.15) is 5.26 Å². The second-order valence-electron chi connectivity index (χ2n) is 5.24. The van der Waals surface area contributed by atoms with E-state index >= 15 is 0 Å². The summed E-state index contributed by atoms with van der Waals surface area (Å²) in [6.07, 6.45) is 0.937. The fourth-order valence-corrected chi connectivity index (χ4v) is 2.76. The standard InChI is InChI=1S/C17H12N2O4/c18-8-15-13-6-11-4-2-1-3-10(11)5-12(13)9-19(15)14(17(22)23)7-16(20)21/h1-6,9,14H,7H2,(H,20,21)(H,22,23)/t14-/m0/s1. The van der Waals surface area contributed by atoms with E-state index in [1.807, 2.05) is 42.5 Å². The van der Waals surface area contributed by atoms with Gasteiger partial charge in [0.2, 0.25) is 0 Å². The van der Waals surface area contributed by atoms with Crippen LogP contribution < -0.4 is 0 Å². The van der Waals surface area contributed by atoms with E-state index < -0.39 is 24.4 Å². The summed E-state index contributed by atoms with van der Waals surface area (Å²) < 4.78 is 1.24. The molecule has 3 aromatic rings. The highest BCUT2D eigenvalue weighted by Crippen LogP contribution is 2.29. The second-order valence-corrected chi connectivity index (χ2v) is 5.24. The Morgan fingerprint density at radius 3 is 2.35 bits per heavy atom. The van der Waals surface area contributed by atoms with E-state index in [2.05, 4.69) is 0 Å². The number of hydrogen-bond donors (Lipinski definition) is 2. The SMILES string of the molecule is N#Cc1c2cc3ccccc3cc2cn1[C@@H](CC(=O)O)C(=O)O. The minimum Gasteiger partial charge on any atom is -0.481 e. The van der Waals surface area contributed by atoms with Crippen LogP contribution in [0.5, 0.6) is 0 Å². The first-order valence-electron chi connectivity index (χ1n) is 6.89.